The molecule has 0 N–H and O–H groups in total. The average Bonchev–Trinajstić information content (AvgIpc) is 2.58. The van der Waals surface area contributed by atoms with Crippen molar-refractivity contribution >= 4 is 39.5 Å². The quantitative estimate of drug-likeness (QED) is 0.588. The summed E-state index contributed by atoms with van der Waals surface area (Å²) in [5.41, 5.74) is 1.78. The van der Waals surface area contributed by atoms with E-state index in [1.165, 1.54) is 0 Å². The molecule has 1 saturated heterocycles. The Kier molecular flexibility index (Phi) is 5.75. The van der Waals surface area contributed by atoms with Crippen LogP contribution in [0.15, 0.2) is 10.5 Å². The van der Waals surface area contributed by atoms with Crippen LogP contribution in [-0.4, -0.2) is 59.7 Å². The van der Waals surface area contributed by atoms with Crippen molar-refractivity contribution in [3.63, 3.8) is 0 Å². The first-order valence-corrected chi connectivity index (χ1v) is 10.1. The summed E-state index contributed by atoms with van der Waals surface area (Å²) < 4.78 is 12.1. The molecule has 2 aliphatic heterocycles. The van der Waals surface area contributed by atoms with Gasteiger partial charge >= 0.3 is 6.09 Å². The molecule has 6 nitrogen and oxygen atoms in total. The van der Waals surface area contributed by atoms with Crippen molar-refractivity contribution in [2.24, 2.45) is 0 Å². The maximum absolute atomic E-state index is 13.2. The number of benzene rings is 1. The predicted molar refractivity (Wildman–Crippen MR) is 106 cm³/mol. The summed E-state index contributed by atoms with van der Waals surface area (Å²) in [6, 6.07) is 1.48. The van der Waals surface area contributed by atoms with Crippen molar-refractivity contribution in [2.45, 2.75) is 45.9 Å². The van der Waals surface area contributed by atoms with Crippen LogP contribution in [0, 0.1) is 6.92 Å². The summed E-state index contributed by atoms with van der Waals surface area (Å²) >= 11 is 9.75. The number of hydrogen-bond acceptors (Lipinski definition) is 4. The highest BCUT2D eigenvalue weighted by molar-refractivity contribution is 9.10. The third kappa shape index (κ3) is 4.25. The van der Waals surface area contributed by atoms with Gasteiger partial charge in [0.25, 0.3) is 5.91 Å². The second-order valence-corrected chi connectivity index (χ2v) is 9.12. The molecule has 0 bridgehead atoms. The number of hydrogen-bond donors (Lipinski definition) is 0. The molecule has 2 heterocycles. The molecule has 27 heavy (non-hydrogen) atoms. The zero-order valence-corrected chi connectivity index (χ0v) is 18.3. The summed E-state index contributed by atoms with van der Waals surface area (Å²) in [5, 5.41) is 0.504. The van der Waals surface area contributed by atoms with Crippen LogP contribution in [0.1, 0.15) is 42.3 Å². The minimum Gasteiger partial charge on any atom is -0.444 e. The number of ether oxygens (including phenoxy) is 2. The van der Waals surface area contributed by atoms with Crippen LogP contribution >= 0.6 is 27.5 Å². The Morgan fingerprint density at radius 2 is 2.07 bits per heavy atom. The Balaban J connectivity index is 1.83. The molecule has 1 atom stereocenters. The van der Waals surface area contributed by atoms with E-state index in [1.54, 1.807) is 15.9 Å². The molecule has 8 heteroatoms. The monoisotopic (exact) mass is 458 g/mol. The van der Waals surface area contributed by atoms with E-state index in [0.29, 0.717) is 43.4 Å². The van der Waals surface area contributed by atoms with Crippen LogP contribution in [0.5, 0.6) is 0 Å². The summed E-state index contributed by atoms with van der Waals surface area (Å²) in [7, 11) is 0. The first-order chi connectivity index (χ1) is 12.6. The van der Waals surface area contributed by atoms with Crippen LogP contribution in [-0.2, 0) is 16.1 Å². The molecule has 0 saturated carbocycles. The van der Waals surface area contributed by atoms with Gasteiger partial charge < -0.3 is 19.3 Å². The van der Waals surface area contributed by atoms with Gasteiger partial charge in [0.1, 0.15) is 5.60 Å². The number of amides is 2. The standard InChI is InChI=1S/C19H24BrClN2O4/c1-11-14-10-26-9-12-8-22(18(25)27-19(2,3)4)5-6-23(12)17(24)13(14)7-15(21)16(11)20/h7,12H,5-6,8-10H2,1-4H3/t12-/m1/s1. The third-order valence-corrected chi connectivity index (χ3v) is 6.32. The molecular formula is C19H24BrClN2O4. The largest absolute Gasteiger partial charge is 0.444 e. The van der Waals surface area contributed by atoms with Crippen LogP contribution in [0.2, 0.25) is 5.02 Å². The third-order valence-electron chi connectivity index (χ3n) is 4.77. The van der Waals surface area contributed by atoms with Gasteiger partial charge in [-0.25, -0.2) is 4.79 Å². The maximum atomic E-state index is 13.2. The lowest BCUT2D eigenvalue weighted by Crippen LogP contribution is -2.59. The highest BCUT2D eigenvalue weighted by atomic mass is 79.9. The van der Waals surface area contributed by atoms with Gasteiger partial charge in [-0.3, -0.25) is 4.79 Å². The summed E-state index contributed by atoms with van der Waals surface area (Å²) in [6.45, 7) is 9.38. The smallest absolute Gasteiger partial charge is 0.410 e. The number of piperazine rings is 1. The molecule has 1 aromatic carbocycles. The maximum Gasteiger partial charge on any atom is 0.410 e. The van der Waals surface area contributed by atoms with Gasteiger partial charge in [-0.2, -0.15) is 0 Å². The fourth-order valence-electron chi connectivity index (χ4n) is 3.38. The van der Waals surface area contributed by atoms with E-state index in [4.69, 9.17) is 21.1 Å². The summed E-state index contributed by atoms with van der Waals surface area (Å²) in [4.78, 5) is 29.0. The van der Waals surface area contributed by atoms with Gasteiger partial charge in [0.15, 0.2) is 0 Å². The summed E-state index contributed by atoms with van der Waals surface area (Å²) in [5.74, 6) is -0.0698. The lowest BCUT2D eigenvalue weighted by atomic mass is 9.99. The van der Waals surface area contributed by atoms with Gasteiger partial charge in [-0.15, -0.1) is 0 Å². The van der Waals surface area contributed by atoms with E-state index in [1.807, 2.05) is 27.7 Å². The molecule has 0 aliphatic carbocycles. The lowest BCUT2D eigenvalue weighted by Gasteiger charge is -2.42. The SMILES string of the molecule is Cc1c(Br)c(Cl)cc2c1COC[C@H]1CN(C(=O)OC(C)(C)C)CCN1C2=O. The normalized spacial score (nSPS) is 20.5. The molecule has 148 valence electrons. The number of halogens is 2. The molecule has 2 aliphatic rings. The number of nitrogens with zero attached hydrogens (tertiary/aromatic N) is 2. The zero-order chi connectivity index (χ0) is 19.9. The van der Waals surface area contributed by atoms with Gasteiger partial charge in [0, 0.05) is 29.7 Å². The van der Waals surface area contributed by atoms with Gasteiger partial charge in [-0.05, 0) is 60.8 Å². The van der Waals surface area contributed by atoms with Crippen LogP contribution in [0.3, 0.4) is 0 Å². The van der Waals surface area contributed by atoms with Crippen molar-refractivity contribution < 1.29 is 19.1 Å². The van der Waals surface area contributed by atoms with Crippen LogP contribution in [0.4, 0.5) is 4.79 Å². The van der Waals surface area contributed by atoms with E-state index in [9.17, 15) is 9.59 Å². The van der Waals surface area contributed by atoms with Crippen molar-refractivity contribution in [3.8, 4) is 0 Å². The minimum absolute atomic E-state index is 0.0698. The van der Waals surface area contributed by atoms with Gasteiger partial charge in [-0.1, -0.05) is 11.6 Å². The summed E-state index contributed by atoms with van der Waals surface area (Å²) in [6.07, 6.45) is -0.361. The molecular weight excluding hydrogens is 436 g/mol. The number of fused-ring (bicyclic) bond motifs is 2. The Labute approximate surface area is 172 Å². The number of carbonyl (C=O) groups excluding carboxylic acids is 2. The van der Waals surface area contributed by atoms with Crippen molar-refractivity contribution in [3.05, 3.63) is 32.3 Å². The fourth-order valence-corrected chi connectivity index (χ4v) is 3.98. The van der Waals surface area contributed by atoms with Gasteiger partial charge in [0.2, 0.25) is 0 Å². The Hall–Kier alpha value is -1.31. The topological polar surface area (TPSA) is 59.1 Å². The van der Waals surface area contributed by atoms with Crippen molar-refractivity contribution in [1.82, 2.24) is 9.80 Å². The second kappa shape index (κ2) is 7.60. The minimum atomic E-state index is -0.553. The molecule has 0 spiro atoms. The van der Waals surface area contributed by atoms with E-state index >= 15 is 0 Å². The predicted octanol–water partition coefficient (Wildman–Crippen LogP) is 4.00. The highest BCUT2D eigenvalue weighted by Crippen LogP contribution is 2.34. The Morgan fingerprint density at radius 1 is 1.37 bits per heavy atom. The number of rotatable bonds is 0. The second-order valence-electron chi connectivity index (χ2n) is 7.92. The first kappa shape index (κ1) is 20.4. The molecule has 0 aromatic heterocycles. The Morgan fingerprint density at radius 3 is 2.74 bits per heavy atom. The molecule has 1 aromatic rings. The molecule has 0 radical (unpaired) electrons. The number of carbonyl (C=O) groups is 2. The van der Waals surface area contributed by atoms with E-state index < -0.39 is 5.60 Å². The van der Waals surface area contributed by atoms with Crippen LogP contribution in [0.25, 0.3) is 0 Å². The van der Waals surface area contributed by atoms with E-state index in [-0.39, 0.29) is 18.0 Å². The van der Waals surface area contributed by atoms with Gasteiger partial charge in [0.05, 0.1) is 24.3 Å². The molecule has 3 rings (SSSR count). The Bertz CT molecular complexity index is 778. The average molecular weight is 460 g/mol. The van der Waals surface area contributed by atoms with Crippen molar-refractivity contribution in [2.75, 3.05) is 26.2 Å². The zero-order valence-electron chi connectivity index (χ0n) is 16.0. The fraction of sp³-hybridized carbons (Fsp3) is 0.579. The van der Waals surface area contributed by atoms with Crippen molar-refractivity contribution in [1.29, 1.82) is 0 Å². The highest BCUT2D eigenvalue weighted by Gasteiger charge is 2.37. The molecule has 1 fully saturated rings. The first-order valence-electron chi connectivity index (χ1n) is 8.92. The van der Waals surface area contributed by atoms with E-state index in [2.05, 4.69) is 15.9 Å². The lowest BCUT2D eigenvalue weighted by molar-refractivity contribution is -0.0159. The molecule has 0 unspecified atom stereocenters. The van der Waals surface area contributed by atoms with E-state index in [0.717, 1.165) is 15.6 Å². The van der Waals surface area contributed by atoms with Crippen LogP contribution < -0.4 is 0 Å². The molecule has 2 amide bonds.